The summed E-state index contributed by atoms with van der Waals surface area (Å²) in [5.41, 5.74) is 0. The standard InChI is InChI=1S/C5H9NO3/c7-4-2-1-3-5(9-3)6(4)8/h3-5,7-8H,1-2H2. The Hall–Kier alpha value is -0.160. The molecule has 2 saturated heterocycles. The lowest BCUT2D eigenvalue weighted by Crippen LogP contribution is -2.39. The molecule has 2 N–H and O–H groups in total. The Kier molecular flexibility index (Phi) is 1.04. The van der Waals surface area contributed by atoms with Gasteiger partial charge in [0, 0.05) is 0 Å². The molecule has 0 radical (unpaired) electrons. The van der Waals surface area contributed by atoms with E-state index < -0.39 is 6.23 Å². The van der Waals surface area contributed by atoms with E-state index in [2.05, 4.69) is 0 Å². The van der Waals surface area contributed by atoms with Crippen LogP contribution in [0.25, 0.3) is 0 Å². The van der Waals surface area contributed by atoms with E-state index in [-0.39, 0.29) is 12.3 Å². The third kappa shape index (κ3) is 0.753. The van der Waals surface area contributed by atoms with Crippen LogP contribution in [0.15, 0.2) is 0 Å². The summed E-state index contributed by atoms with van der Waals surface area (Å²) in [7, 11) is 0. The summed E-state index contributed by atoms with van der Waals surface area (Å²) in [6.07, 6.45) is 0.724. The first-order valence-electron chi connectivity index (χ1n) is 3.10. The van der Waals surface area contributed by atoms with Crippen molar-refractivity contribution in [2.24, 2.45) is 0 Å². The van der Waals surface area contributed by atoms with E-state index in [1.807, 2.05) is 0 Å². The maximum atomic E-state index is 8.97. The molecule has 0 bridgehead atoms. The van der Waals surface area contributed by atoms with Crippen LogP contribution in [0.2, 0.25) is 0 Å². The summed E-state index contributed by atoms with van der Waals surface area (Å²) in [6, 6.07) is 0. The molecule has 0 aliphatic carbocycles. The number of epoxide rings is 1. The molecular formula is C5H9NO3. The molecule has 2 heterocycles. The second-order valence-electron chi connectivity index (χ2n) is 2.50. The molecular weight excluding hydrogens is 122 g/mol. The SMILES string of the molecule is OC1CCC2OC2N1O. The Morgan fingerprint density at radius 1 is 1.44 bits per heavy atom. The first-order chi connectivity index (χ1) is 4.29. The van der Waals surface area contributed by atoms with Gasteiger partial charge in [0.15, 0.2) is 6.23 Å². The van der Waals surface area contributed by atoms with Gasteiger partial charge in [-0.15, -0.1) is 5.06 Å². The maximum absolute atomic E-state index is 8.97. The normalized spacial score (nSPS) is 50.7. The molecule has 9 heavy (non-hydrogen) atoms. The minimum atomic E-state index is -0.714. The zero-order chi connectivity index (χ0) is 6.43. The van der Waals surface area contributed by atoms with Crippen LogP contribution in [0.4, 0.5) is 0 Å². The van der Waals surface area contributed by atoms with Crippen molar-refractivity contribution in [3.05, 3.63) is 0 Å². The van der Waals surface area contributed by atoms with Crippen molar-refractivity contribution in [1.82, 2.24) is 5.06 Å². The van der Waals surface area contributed by atoms with Crippen molar-refractivity contribution in [2.45, 2.75) is 31.4 Å². The highest BCUT2D eigenvalue weighted by Crippen LogP contribution is 2.35. The van der Waals surface area contributed by atoms with E-state index in [9.17, 15) is 0 Å². The van der Waals surface area contributed by atoms with Gasteiger partial charge in [-0.05, 0) is 12.8 Å². The molecule has 4 heteroatoms. The predicted octanol–water partition coefficient (Wildman–Crippen LogP) is -0.485. The third-order valence-electron chi connectivity index (χ3n) is 1.83. The summed E-state index contributed by atoms with van der Waals surface area (Å²) in [6.45, 7) is 0. The fraction of sp³-hybridized carbons (Fsp3) is 1.00. The van der Waals surface area contributed by atoms with Gasteiger partial charge in [0.2, 0.25) is 0 Å². The third-order valence-corrected chi connectivity index (χ3v) is 1.83. The number of aliphatic hydroxyl groups is 1. The van der Waals surface area contributed by atoms with Gasteiger partial charge >= 0.3 is 0 Å². The second kappa shape index (κ2) is 1.67. The summed E-state index contributed by atoms with van der Waals surface area (Å²) in [5.74, 6) is 0. The zero-order valence-corrected chi connectivity index (χ0v) is 4.90. The van der Waals surface area contributed by atoms with Crippen LogP contribution in [0.5, 0.6) is 0 Å². The molecule has 0 aromatic heterocycles. The quantitative estimate of drug-likeness (QED) is 0.436. The topological polar surface area (TPSA) is 56.2 Å². The number of hydroxylamine groups is 2. The van der Waals surface area contributed by atoms with Crippen molar-refractivity contribution in [2.75, 3.05) is 0 Å². The van der Waals surface area contributed by atoms with Gasteiger partial charge in [0.25, 0.3) is 0 Å². The molecule has 2 aliphatic heterocycles. The Morgan fingerprint density at radius 3 is 2.89 bits per heavy atom. The average molecular weight is 131 g/mol. The zero-order valence-electron chi connectivity index (χ0n) is 4.90. The van der Waals surface area contributed by atoms with Crippen LogP contribution in [0.1, 0.15) is 12.8 Å². The number of aliphatic hydroxyl groups excluding tert-OH is 1. The summed E-state index contributed by atoms with van der Waals surface area (Å²) >= 11 is 0. The van der Waals surface area contributed by atoms with E-state index in [1.165, 1.54) is 0 Å². The molecule has 0 spiro atoms. The fourth-order valence-corrected chi connectivity index (χ4v) is 1.19. The van der Waals surface area contributed by atoms with Crippen molar-refractivity contribution >= 4 is 0 Å². The lowest BCUT2D eigenvalue weighted by molar-refractivity contribution is -0.225. The molecule has 2 rings (SSSR count). The van der Waals surface area contributed by atoms with Crippen LogP contribution < -0.4 is 0 Å². The molecule has 52 valence electrons. The van der Waals surface area contributed by atoms with Gasteiger partial charge in [-0.1, -0.05) is 0 Å². The lowest BCUT2D eigenvalue weighted by Gasteiger charge is -2.21. The van der Waals surface area contributed by atoms with E-state index in [4.69, 9.17) is 15.1 Å². The number of nitrogens with zero attached hydrogens (tertiary/aromatic N) is 1. The van der Waals surface area contributed by atoms with Crippen LogP contribution in [-0.2, 0) is 4.74 Å². The molecule has 3 unspecified atom stereocenters. The van der Waals surface area contributed by atoms with E-state index in [0.717, 1.165) is 11.5 Å². The molecule has 0 amide bonds. The molecule has 4 nitrogen and oxygen atoms in total. The number of piperidine rings is 1. The molecule has 3 atom stereocenters. The summed E-state index contributed by atoms with van der Waals surface area (Å²) in [5, 5.41) is 18.8. The molecule has 0 saturated carbocycles. The van der Waals surface area contributed by atoms with E-state index in [0.29, 0.717) is 6.42 Å². The highest BCUT2D eigenvalue weighted by atomic mass is 16.7. The smallest absolute Gasteiger partial charge is 0.162 e. The van der Waals surface area contributed by atoms with Gasteiger partial charge < -0.3 is 15.1 Å². The van der Waals surface area contributed by atoms with Crippen molar-refractivity contribution in [1.29, 1.82) is 0 Å². The van der Waals surface area contributed by atoms with Gasteiger partial charge in [-0.2, -0.15) is 0 Å². The van der Waals surface area contributed by atoms with Crippen LogP contribution in [0.3, 0.4) is 0 Å². The molecule has 2 aliphatic rings. The van der Waals surface area contributed by atoms with E-state index in [1.54, 1.807) is 0 Å². The van der Waals surface area contributed by atoms with Gasteiger partial charge in [-0.25, -0.2) is 0 Å². The Labute approximate surface area is 52.6 Å². The van der Waals surface area contributed by atoms with Crippen molar-refractivity contribution in [3.63, 3.8) is 0 Å². The van der Waals surface area contributed by atoms with Gasteiger partial charge in [0.05, 0.1) is 0 Å². The Bertz CT molecular complexity index is 127. The Balaban J connectivity index is 2.02. The number of ether oxygens (including phenoxy) is 1. The van der Waals surface area contributed by atoms with E-state index >= 15 is 0 Å². The number of hydrogen-bond donors (Lipinski definition) is 2. The monoisotopic (exact) mass is 131 g/mol. The second-order valence-corrected chi connectivity index (χ2v) is 2.50. The van der Waals surface area contributed by atoms with Gasteiger partial charge in [0.1, 0.15) is 12.3 Å². The lowest BCUT2D eigenvalue weighted by atomic mass is 10.1. The average Bonchev–Trinajstić information content (AvgIpc) is 2.58. The van der Waals surface area contributed by atoms with Crippen molar-refractivity contribution < 1.29 is 15.1 Å². The Morgan fingerprint density at radius 2 is 2.22 bits per heavy atom. The molecule has 2 fully saturated rings. The number of rotatable bonds is 0. The van der Waals surface area contributed by atoms with Gasteiger partial charge in [-0.3, -0.25) is 0 Å². The minimum absolute atomic E-state index is 0.179. The van der Waals surface area contributed by atoms with Crippen LogP contribution in [-0.4, -0.2) is 33.9 Å². The minimum Gasteiger partial charge on any atom is -0.376 e. The highest BCUT2D eigenvalue weighted by Gasteiger charge is 2.49. The maximum Gasteiger partial charge on any atom is 0.162 e. The molecule has 0 aromatic carbocycles. The predicted molar refractivity (Wildman–Crippen MR) is 27.5 cm³/mol. The highest BCUT2D eigenvalue weighted by molar-refractivity contribution is 4.87. The van der Waals surface area contributed by atoms with Crippen LogP contribution >= 0.6 is 0 Å². The summed E-state index contributed by atoms with van der Waals surface area (Å²) in [4.78, 5) is 0. The van der Waals surface area contributed by atoms with Crippen LogP contribution in [0, 0.1) is 0 Å². The number of fused-ring (bicyclic) bond motifs is 1. The first-order valence-corrected chi connectivity index (χ1v) is 3.10. The molecule has 0 aromatic rings. The summed E-state index contributed by atoms with van der Waals surface area (Å²) < 4.78 is 4.98. The first kappa shape index (κ1) is 5.61. The largest absolute Gasteiger partial charge is 0.376 e. The fourth-order valence-electron chi connectivity index (χ4n) is 1.19. The number of hydrogen-bond acceptors (Lipinski definition) is 4. The van der Waals surface area contributed by atoms with Crippen molar-refractivity contribution in [3.8, 4) is 0 Å².